The summed E-state index contributed by atoms with van der Waals surface area (Å²) in [6.45, 7) is 3.64. The fourth-order valence-electron chi connectivity index (χ4n) is 2.66. The lowest BCUT2D eigenvalue weighted by atomic mass is 10.1. The van der Waals surface area contributed by atoms with Crippen molar-refractivity contribution in [1.82, 2.24) is 0 Å². The zero-order valence-electron chi connectivity index (χ0n) is 16.8. The number of ether oxygens (including phenoxy) is 1. The number of carbonyl (C=O) groups excluding carboxylic acids is 1. The highest BCUT2D eigenvalue weighted by Crippen LogP contribution is 2.14. The molecule has 0 aromatic rings. The molecule has 0 saturated carbocycles. The first-order valence-corrected chi connectivity index (χ1v) is 11.4. The van der Waals surface area contributed by atoms with E-state index in [0.29, 0.717) is 6.42 Å². The quantitative estimate of drug-likeness (QED) is 0.146. The van der Waals surface area contributed by atoms with Crippen molar-refractivity contribution in [2.75, 3.05) is 13.2 Å². The fourth-order valence-corrected chi connectivity index (χ4v) is 3.41. The molecule has 2 atom stereocenters. The molecule has 10 heteroatoms. The first-order chi connectivity index (χ1) is 13.3. The standard InChI is InChI=1S/C18H34O9S/c1-3-5-6-7-8-9-10-11-12-13-14-25-15(18(21)27-26-4-2)16(17(19)20)28(22,23)24/h15-16H,3-14H2,1-2H3,(H,19,20)(H,22,23,24). The number of carboxylic acids is 1. The number of carbonyl (C=O) groups is 2. The highest BCUT2D eigenvalue weighted by Gasteiger charge is 2.45. The summed E-state index contributed by atoms with van der Waals surface area (Å²) in [7, 11) is -5.08. The number of unbranched alkanes of at least 4 members (excludes halogenated alkanes) is 9. The molecule has 28 heavy (non-hydrogen) atoms. The van der Waals surface area contributed by atoms with Gasteiger partial charge in [0.15, 0.2) is 6.10 Å². The predicted molar refractivity (Wildman–Crippen MR) is 102 cm³/mol. The molecule has 9 nitrogen and oxygen atoms in total. The molecule has 0 radical (unpaired) electrons. The molecule has 0 aromatic heterocycles. The second-order valence-electron chi connectivity index (χ2n) is 6.56. The summed E-state index contributed by atoms with van der Waals surface area (Å²) in [5.74, 6) is -3.23. The van der Waals surface area contributed by atoms with Gasteiger partial charge in [0.05, 0.1) is 6.61 Å². The van der Waals surface area contributed by atoms with E-state index in [-0.39, 0.29) is 13.2 Å². The Labute approximate surface area is 167 Å². The van der Waals surface area contributed by atoms with Crippen LogP contribution in [0.25, 0.3) is 0 Å². The van der Waals surface area contributed by atoms with E-state index in [9.17, 15) is 18.0 Å². The minimum absolute atomic E-state index is 0.0134. The lowest BCUT2D eigenvalue weighted by Gasteiger charge is -2.20. The van der Waals surface area contributed by atoms with Crippen molar-refractivity contribution in [2.45, 2.75) is 89.4 Å². The molecule has 0 rings (SSSR count). The second kappa shape index (κ2) is 15.7. The van der Waals surface area contributed by atoms with Gasteiger partial charge >= 0.3 is 11.9 Å². The lowest BCUT2D eigenvalue weighted by molar-refractivity contribution is -0.277. The van der Waals surface area contributed by atoms with E-state index in [0.717, 1.165) is 25.7 Å². The minimum atomic E-state index is -5.08. The minimum Gasteiger partial charge on any atom is -0.480 e. The number of aliphatic carboxylic acids is 1. The Kier molecular flexibility index (Phi) is 15.0. The van der Waals surface area contributed by atoms with E-state index < -0.39 is 33.4 Å². The van der Waals surface area contributed by atoms with Crippen molar-refractivity contribution in [3.8, 4) is 0 Å². The van der Waals surface area contributed by atoms with Gasteiger partial charge in [0.2, 0.25) is 5.25 Å². The van der Waals surface area contributed by atoms with E-state index in [2.05, 4.69) is 16.7 Å². The normalized spacial score (nSPS) is 13.8. The highest BCUT2D eigenvalue weighted by atomic mass is 32.2. The van der Waals surface area contributed by atoms with Crippen molar-refractivity contribution in [2.24, 2.45) is 0 Å². The van der Waals surface area contributed by atoms with Crippen LogP contribution in [0.4, 0.5) is 0 Å². The summed E-state index contributed by atoms with van der Waals surface area (Å²) < 4.78 is 37.0. The summed E-state index contributed by atoms with van der Waals surface area (Å²) in [5.41, 5.74) is 0. The van der Waals surface area contributed by atoms with Crippen LogP contribution >= 0.6 is 0 Å². The van der Waals surface area contributed by atoms with E-state index >= 15 is 0 Å². The van der Waals surface area contributed by atoms with Gasteiger partial charge < -0.3 is 9.84 Å². The average Bonchev–Trinajstić information content (AvgIpc) is 2.61. The molecule has 0 bridgehead atoms. The van der Waals surface area contributed by atoms with Gasteiger partial charge in [0.25, 0.3) is 10.1 Å². The van der Waals surface area contributed by atoms with E-state index in [1.54, 1.807) is 0 Å². The molecule has 0 saturated heterocycles. The van der Waals surface area contributed by atoms with Gasteiger partial charge in [-0.1, -0.05) is 64.7 Å². The molecular formula is C18H34O9S. The molecule has 0 spiro atoms. The molecule has 0 heterocycles. The SMILES string of the molecule is CCCCCCCCCCCCOC(C(=O)OOCC)C(C(=O)O)S(=O)(=O)O. The first-order valence-electron chi connectivity index (χ1n) is 9.89. The first kappa shape index (κ1) is 26.8. The van der Waals surface area contributed by atoms with Crippen LogP contribution < -0.4 is 0 Å². The summed E-state index contributed by atoms with van der Waals surface area (Å²) in [6, 6.07) is 0. The Morgan fingerprint density at radius 3 is 1.82 bits per heavy atom. The van der Waals surface area contributed by atoms with E-state index in [1.165, 1.54) is 39.0 Å². The summed E-state index contributed by atoms with van der Waals surface area (Å²) in [6.07, 6.45) is 8.69. The van der Waals surface area contributed by atoms with Crippen molar-refractivity contribution in [3.63, 3.8) is 0 Å². The van der Waals surface area contributed by atoms with Gasteiger partial charge in [-0.2, -0.15) is 13.3 Å². The Bertz CT molecular complexity index is 533. The molecule has 0 fully saturated rings. The largest absolute Gasteiger partial charge is 0.480 e. The van der Waals surface area contributed by atoms with Crippen LogP contribution in [-0.2, 0) is 34.2 Å². The van der Waals surface area contributed by atoms with Gasteiger partial charge in [-0.05, 0) is 13.3 Å². The molecule has 0 aromatic carbocycles. The van der Waals surface area contributed by atoms with Crippen LogP contribution in [-0.4, -0.2) is 54.6 Å². The maximum Gasteiger partial charge on any atom is 0.372 e. The zero-order chi connectivity index (χ0) is 21.4. The number of carboxylic acid groups (broad SMARTS) is 1. The van der Waals surface area contributed by atoms with Crippen molar-refractivity contribution >= 4 is 22.1 Å². The third kappa shape index (κ3) is 12.3. The van der Waals surface area contributed by atoms with Gasteiger partial charge in [-0.3, -0.25) is 14.2 Å². The Balaban J connectivity index is 4.36. The molecule has 0 aliphatic heterocycles. The predicted octanol–water partition coefficient (Wildman–Crippen LogP) is 3.13. The maximum absolute atomic E-state index is 11.9. The van der Waals surface area contributed by atoms with Gasteiger partial charge in [0.1, 0.15) is 0 Å². The number of rotatable bonds is 18. The molecule has 166 valence electrons. The maximum atomic E-state index is 11.9. The van der Waals surface area contributed by atoms with Gasteiger partial charge in [-0.25, -0.2) is 4.79 Å². The summed E-state index contributed by atoms with van der Waals surface area (Å²) in [5, 5.41) is 6.58. The molecule has 0 amide bonds. The van der Waals surface area contributed by atoms with Crippen LogP contribution in [0.15, 0.2) is 0 Å². The second-order valence-corrected chi connectivity index (χ2v) is 8.09. The van der Waals surface area contributed by atoms with Crippen LogP contribution in [0, 0.1) is 0 Å². The third-order valence-corrected chi connectivity index (χ3v) is 5.22. The van der Waals surface area contributed by atoms with Gasteiger partial charge in [-0.15, -0.1) is 0 Å². The number of hydrogen-bond acceptors (Lipinski definition) is 7. The molecule has 0 aliphatic rings. The Morgan fingerprint density at radius 2 is 1.39 bits per heavy atom. The molecule has 0 aliphatic carbocycles. The fraction of sp³-hybridized carbons (Fsp3) is 0.889. The summed E-state index contributed by atoms with van der Waals surface area (Å²) >= 11 is 0. The van der Waals surface area contributed by atoms with Crippen molar-refractivity contribution in [3.05, 3.63) is 0 Å². The highest BCUT2D eigenvalue weighted by molar-refractivity contribution is 7.87. The van der Waals surface area contributed by atoms with Crippen molar-refractivity contribution in [1.29, 1.82) is 0 Å². The Hall–Kier alpha value is -1.23. The smallest absolute Gasteiger partial charge is 0.372 e. The summed E-state index contributed by atoms with van der Waals surface area (Å²) in [4.78, 5) is 31.9. The van der Waals surface area contributed by atoms with Gasteiger partial charge in [0, 0.05) is 6.61 Å². The number of hydrogen-bond donors (Lipinski definition) is 2. The average molecular weight is 427 g/mol. The van der Waals surface area contributed by atoms with Crippen molar-refractivity contribution < 1.29 is 42.2 Å². The Morgan fingerprint density at radius 1 is 0.893 bits per heavy atom. The van der Waals surface area contributed by atoms with E-state index in [1.807, 2.05) is 0 Å². The van der Waals surface area contributed by atoms with Crippen LogP contribution in [0.2, 0.25) is 0 Å². The van der Waals surface area contributed by atoms with Crippen LogP contribution in [0.1, 0.15) is 78.1 Å². The zero-order valence-corrected chi connectivity index (χ0v) is 17.6. The van der Waals surface area contributed by atoms with Crippen LogP contribution in [0.5, 0.6) is 0 Å². The molecular weight excluding hydrogens is 392 g/mol. The molecule has 2 unspecified atom stereocenters. The molecule has 2 N–H and O–H groups in total. The monoisotopic (exact) mass is 426 g/mol. The van der Waals surface area contributed by atoms with Crippen LogP contribution in [0.3, 0.4) is 0 Å². The third-order valence-electron chi connectivity index (χ3n) is 4.13. The lowest BCUT2D eigenvalue weighted by Crippen LogP contribution is -2.47. The topological polar surface area (TPSA) is 136 Å². The van der Waals surface area contributed by atoms with E-state index in [4.69, 9.17) is 14.4 Å².